The number of hydrogen-bond donors (Lipinski definition) is 1. The van der Waals surface area contributed by atoms with Gasteiger partial charge in [-0.15, -0.1) is 0 Å². The van der Waals surface area contributed by atoms with Gasteiger partial charge < -0.3 is 10.6 Å². The van der Waals surface area contributed by atoms with Gasteiger partial charge in [0, 0.05) is 19.3 Å². The van der Waals surface area contributed by atoms with Crippen LogP contribution in [0, 0.1) is 5.92 Å². The fourth-order valence-corrected chi connectivity index (χ4v) is 1.39. The molecule has 1 amide bonds. The molecule has 1 heterocycles. The Balaban J connectivity index is 2.59. The third-order valence-corrected chi connectivity index (χ3v) is 2.68. The molecule has 0 aromatic carbocycles. The summed E-state index contributed by atoms with van der Waals surface area (Å²) >= 11 is 0. The zero-order valence-corrected chi connectivity index (χ0v) is 10.1. The monoisotopic (exact) mass is 221 g/mol. The summed E-state index contributed by atoms with van der Waals surface area (Å²) in [5.41, 5.74) is 6.59. The van der Waals surface area contributed by atoms with Gasteiger partial charge in [0.2, 0.25) is 5.91 Å². The lowest BCUT2D eigenvalue weighted by Crippen LogP contribution is -2.39. The fraction of sp³-hybridized carbons (Fsp3) is 0.500. The Morgan fingerprint density at radius 3 is 2.69 bits per heavy atom. The molecule has 1 aromatic heterocycles. The Hall–Kier alpha value is -1.42. The topological polar surface area (TPSA) is 59.2 Å². The van der Waals surface area contributed by atoms with Crippen LogP contribution in [-0.2, 0) is 11.3 Å². The van der Waals surface area contributed by atoms with Crippen LogP contribution in [0.15, 0.2) is 24.4 Å². The lowest BCUT2D eigenvalue weighted by molar-refractivity contribution is -0.134. The SMILES string of the molecule is CC(N)C(C)C(=O)N(C)Cc1ccccn1. The normalized spacial score (nSPS) is 14.2. The van der Waals surface area contributed by atoms with E-state index in [1.165, 1.54) is 0 Å². The van der Waals surface area contributed by atoms with E-state index < -0.39 is 0 Å². The predicted molar refractivity (Wildman–Crippen MR) is 63.5 cm³/mol. The molecule has 4 nitrogen and oxygen atoms in total. The first kappa shape index (κ1) is 12.6. The zero-order valence-electron chi connectivity index (χ0n) is 10.1. The van der Waals surface area contributed by atoms with Crippen molar-refractivity contribution >= 4 is 5.91 Å². The van der Waals surface area contributed by atoms with Crippen LogP contribution in [0.4, 0.5) is 0 Å². The second kappa shape index (κ2) is 5.61. The minimum atomic E-state index is -0.159. The van der Waals surface area contributed by atoms with Gasteiger partial charge in [0.25, 0.3) is 0 Å². The van der Waals surface area contributed by atoms with Crippen LogP contribution >= 0.6 is 0 Å². The molecule has 0 bridgehead atoms. The van der Waals surface area contributed by atoms with Gasteiger partial charge in [-0.3, -0.25) is 9.78 Å². The molecule has 0 aliphatic carbocycles. The number of carbonyl (C=O) groups is 1. The van der Waals surface area contributed by atoms with Crippen molar-refractivity contribution in [3.63, 3.8) is 0 Å². The second-order valence-electron chi connectivity index (χ2n) is 4.16. The largest absolute Gasteiger partial charge is 0.340 e. The van der Waals surface area contributed by atoms with Gasteiger partial charge in [0.1, 0.15) is 0 Å². The molecule has 2 unspecified atom stereocenters. The van der Waals surface area contributed by atoms with Gasteiger partial charge in [-0.2, -0.15) is 0 Å². The number of nitrogens with zero attached hydrogens (tertiary/aromatic N) is 2. The molecule has 0 fully saturated rings. The molecule has 2 atom stereocenters. The summed E-state index contributed by atoms with van der Waals surface area (Å²) in [7, 11) is 1.77. The van der Waals surface area contributed by atoms with E-state index in [1.54, 1.807) is 18.1 Å². The second-order valence-corrected chi connectivity index (χ2v) is 4.16. The van der Waals surface area contributed by atoms with Crippen molar-refractivity contribution in [1.29, 1.82) is 0 Å². The van der Waals surface area contributed by atoms with Crippen molar-refractivity contribution in [2.75, 3.05) is 7.05 Å². The third-order valence-electron chi connectivity index (χ3n) is 2.68. The van der Waals surface area contributed by atoms with Crippen molar-refractivity contribution < 1.29 is 4.79 Å². The minimum absolute atomic E-state index is 0.0562. The number of hydrogen-bond acceptors (Lipinski definition) is 3. The molecular formula is C12H19N3O. The first-order valence-electron chi connectivity index (χ1n) is 5.43. The smallest absolute Gasteiger partial charge is 0.227 e. The molecular weight excluding hydrogens is 202 g/mol. The standard InChI is InChI=1S/C12H19N3O/c1-9(10(2)13)12(16)15(3)8-11-6-4-5-7-14-11/h4-7,9-10H,8,13H2,1-3H3. The summed E-state index contributed by atoms with van der Waals surface area (Å²) in [6.07, 6.45) is 1.72. The van der Waals surface area contributed by atoms with Crippen LogP contribution in [0.2, 0.25) is 0 Å². The molecule has 0 aliphatic heterocycles. The summed E-state index contributed by atoms with van der Waals surface area (Å²) in [4.78, 5) is 17.8. The molecule has 16 heavy (non-hydrogen) atoms. The van der Waals surface area contributed by atoms with Crippen LogP contribution in [-0.4, -0.2) is 28.9 Å². The molecule has 0 saturated carbocycles. The van der Waals surface area contributed by atoms with Crippen molar-refractivity contribution in [3.05, 3.63) is 30.1 Å². The van der Waals surface area contributed by atoms with E-state index in [0.29, 0.717) is 6.54 Å². The van der Waals surface area contributed by atoms with Crippen molar-refractivity contribution in [3.8, 4) is 0 Å². The molecule has 1 rings (SSSR count). The van der Waals surface area contributed by atoms with E-state index in [4.69, 9.17) is 5.73 Å². The highest BCUT2D eigenvalue weighted by atomic mass is 16.2. The van der Waals surface area contributed by atoms with Crippen molar-refractivity contribution in [1.82, 2.24) is 9.88 Å². The summed E-state index contributed by atoms with van der Waals surface area (Å²) in [6, 6.07) is 5.55. The molecule has 0 aliphatic rings. The quantitative estimate of drug-likeness (QED) is 0.826. The maximum Gasteiger partial charge on any atom is 0.227 e. The number of amides is 1. The summed E-state index contributed by atoms with van der Waals surface area (Å²) in [6.45, 7) is 4.22. The van der Waals surface area contributed by atoms with Crippen LogP contribution in [0.3, 0.4) is 0 Å². The Kier molecular flexibility index (Phi) is 4.43. The summed E-state index contributed by atoms with van der Waals surface area (Å²) in [5.74, 6) is -0.102. The molecule has 4 heteroatoms. The average Bonchev–Trinajstić information content (AvgIpc) is 2.28. The van der Waals surface area contributed by atoms with E-state index in [2.05, 4.69) is 4.98 Å². The Morgan fingerprint density at radius 1 is 1.50 bits per heavy atom. The van der Waals surface area contributed by atoms with E-state index >= 15 is 0 Å². The maximum absolute atomic E-state index is 11.9. The third kappa shape index (κ3) is 3.31. The number of aromatic nitrogens is 1. The Bertz CT molecular complexity index is 337. The lowest BCUT2D eigenvalue weighted by Gasteiger charge is -2.23. The fourth-order valence-electron chi connectivity index (χ4n) is 1.39. The molecule has 0 radical (unpaired) electrons. The minimum Gasteiger partial charge on any atom is -0.340 e. The van der Waals surface area contributed by atoms with Crippen LogP contribution in [0.1, 0.15) is 19.5 Å². The van der Waals surface area contributed by atoms with E-state index in [-0.39, 0.29) is 17.9 Å². The van der Waals surface area contributed by atoms with Gasteiger partial charge >= 0.3 is 0 Å². The highest BCUT2D eigenvalue weighted by Gasteiger charge is 2.20. The number of pyridine rings is 1. The highest BCUT2D eigenvalue weighted by molar-refractivity contribution is 5.78. The summed E-state index contributed by atoms with van der Waals surface area (Å²) < 4.78 is 0. The molecule has 0 saturated heterocycles. The first-order valence-corrected chi connectivity index (χ1v) is 5.43. The number of carbonyl (C=O) groups excluding carboxylic acids is 1. The predicted octanol–water partition coefficient (Wildman–Crippen LogP) is 1.02. The molecule has 2 N–H and O–H groups in total. The first-order chi connectivity index (χ1) is 7.52. The van der Waals surface area contributed by atoms with Crippen molar-refractivity contribution in [2.45, 2.75) is 26.4 Å². The number of nitrogens with two attached hydrogens (primary N) is 1. The lowest BCUT2D eigenvalue weighted by atomic mass is 10.0. The van der Waals surface area contributed by atoms with Gasteiger partial charge in [0.15, 0.2) is 0 Å². The molecule has 1 aromatic rings. The van der Waals surface area contributed by atoms with Crippen LogP contribution in [0.5, 0.6) is 0 Å². The van der Waals surface area contributed by atoms with E-state index in [9.17, 15) is 4.79 Å². The van der Waals surface area contributed by atoms with Crippen LogP contribution in [0.25, 0.3) is 0 Å². The van der Waals surface area contributed by atoms with Crippen LogP contribution < -0.4 is 5.73 Å². The van der Waals surface area contributed by atoms with Gasteiger partial charge in [-0.05, 0) is 19.1 Å². The Morgan fingerprint density at radius 2 is 2.19 bits per heavy atom. The molecule has 0 spiro atoms. The van der Waals surface area contributed by atoms with Gasteiger partial charge in [-0.1, -0.05) is 13.0 Å². The van der Waals surface area contributed by atoms with Gasteiger partial charge in [-0.25, -0.2) is 0 Å². The zero-order chi connectivity index (χ0) is 12.1. The van der Waals surface area contributed by atoms with Gasteiger partial charge in [0.05, 0.1) is 18.2 Å². The Labute approximate surface area is 96.5 Å². The highest BCUT2D eigenvalue weighted by Crippen LogP contribution is 2.07. The van der Waals surface area contributed by atoms with Crippen molar-refractivity contribution in [2.24, 2.45) is 11.7 Å². The maximum atomic E-state index is 11.9. The van der Waals surface area contributed by atoms with E-state index in [0.717, 1.165) is 5.69 Å². The van der Waals surface area contributed by atoms with E-state index in [1.807, 2.05) is 32.0 Å². The number of rotatable bonds is 4. The average molecular weight is 221 g/mol. The molecule has 88 valence electrons. The summed E-state index contributed by atoms with van der Waals surface area (Å²) in [5, 5.41) is 0.